The molecule has 3 aromatic rings. The summed E-state index contributed by atoms with van der Waals surface area (Å²) in [5, 5.41) is 2.28. The van der Waals surface area contributed by atoms with E-state index in [1.165, 1.54) is 54.6 Å². The molecule has 214 valence electrons. The molecule has 42 heavy (non-hydrogen) atoms. The first-order chi connectivity index (χ1) is 20.0. The van der Waals surface area contributed by atoms with Gasteiger partial charge in [0.25, 0.3) is 17.7 Å². The SMILES string of the molecule is CC1=CC[C@H]2C(=O)N(N(CC(=O)c3ccc(OC(=O)c4ccc(Cl)cc4Cl)cc3)C(=O)c3ccccc3Cl)C(=O)[C@H]2C1. The van der Waals surface area contributed by atoms with Crippen LogP contribution in [0.4, 0.5) is 0 Å². The first-order valence-corrected chi connectivity index (χ1v) is 14.1. The second kappa shape index (κ2) is 12.1. The smallest absolute Gasteiger partial charge is 0.345 e. The average molecular weight is 626 g/mol. The Morgan fingerprint density at radius 1 is 0.881 bits per heavy atom. The molecular formula is C31H23Cl3N2O6. The van der Waals surface area contributed by atoms with Crippen molar-refractivity contribution in [3.05, 3.63) is 110 Å². The number of carbonyl (C=O) groups excluding carboxylic acids is 5. The predicted molar refractivity (Wildman–Crippen MR) is 157 cm³/mol. The number of rotatable bonds is 7. The molecule has 0 radical (unpaired) electrons. The molecule has 1 saturated heterocycles. The maximum absolute atomic E-state index is 13.7. The highest BCUT2D eigenvalue weighted by Crippen LogP contribution is 2.39. The number of hydrogen-bond acceptors (Lipinski definition) is 6. The lowest BCUT2D eigenvalue weighted by molar-refractivity contribution is -0.154. The number of ketones is 1. The van der Waals surface area contributed by atoms with Crippen LogP contribution in [0.2, 0.25) is 15.1 Å². The third-order valence-corrected chi connectivity index (χ3v) is 8.09. The van der Waals surface area contributed by atoms with Crippen LogP contribution in [-0.2, 0) is 9.59 Å². The van der Waals surface area contributed by atoms with Crippen LogP contribution < -0.4 is 4.74 Å². The van der Waals surface area contributed by atoms with E-state index in [9.17, 15) is 24.0 Å². The molecule has 1 aliphatic heterocycles. The quantitative estimate of drug-likeness (QED) is 0.0984. The van der Waals surface area contributed by atoms with Gasteiger partial charge in [0, 0.05) is 10.6 Å². The van der Waals surface area contributed by atoms with Gasteiger partial charge in [-0.2, -0.15) is 5.01 Å². The Morgan fingerprint density at radius 2 is 1.57 bits per heavy atom. The first-order valence-electron chi connectivity index (χ1n) is 13.0. The summed E-state index contributed by atoms with van der Waals surface area (Å²) in [5.74, 6) is -4.18. The number of nitrogens with zero attached hydrogens (tertiary/aromatic N) is 2. The molecule has 5 rings (SSSR count). The number of esters is 1. The molecule has 2 atom stereocenters. The summed E-state index contributed by atoms with van der Waals surface area (Å²) in [6, 6.07) is 16.2. The van der Waals surface area contributed by atoms with E-state index in [2.05, 4.69) is 0 Å². The van der Waals surface area contributed by atoms with Gasteiger partial charge in [0.2, 0.25) is 0 Å². The van der Waals surface area contributed by atoms with Gasteiger partial charge < -0.3 is 4.74 Å². The van der Waals surface area contributed by atoms with Crippen LogP contribution in [0.1, 0.15) is 50.8 Å². The minimum atomic E-state index is -0.760. The van der Waals surface area contributed by atoms with Crippen molar-refractivity contribution in [2.24, 2.45) is 11.8 Å². The molecule has 8 nitrogen and oxygen atoms in total. The topological polar surface area (TPSA) is 101 Å². The van der Waals surface area contributed by atoms with Crippen LogP contribution in [0, 0.1) is 11.8 Å². The Hall–Kier alpha value is -3.98. The summed E-state index contributed by atoms with van der Waals surface area (Å²) < 4.78 is 5.36. The molecule has 0 spiro atoms. The second-order valence-corrected chi connectivity index (χ2v) is 11.2. The van der Waals surface area contributed by atoms with Crippen LogP contribution in [0.3, 0.4) is 0 Å². The second-order valence-electron chi connectivity index (χ2n) is 10.00. The van der Waals surface area contributed by atoms with E-state index in [4.69, 9.17) is 39.5 Å². The molecular weight excluding hydrogens is 603 g/mol. The van der Waals surface area contributed by atoms with Gasteiger partial charge in [0.05, 0.1) is 33.0 Å². The Bertz CT molecular complexity index is 1650. The van der Waals surface area contributed by atoms with Crippen LogP contribution in [0.5, 0.6) is 5.75 Å². The highest BCUT2D eigenvalue weighted by molar-refractivity contribution is 6.36. The van der Waals surface area contributed by atoms with Crippen LogP contribution >= 0.6 is 34.8 Å². The monoisotopic (exact) mass is 624 g/mol. The fourth-order valence-corrected chi connectivity index (χ4v) is 5.72. The van der Waals surface area contributed by atoms with E-state index in [0.717, 1.165) is 15.6 Å². The minimum absolute atomic E-state index is 0.0415. The zero-order valence-corrected chi connectivity index (χ0v) is 24.4. The van der Waals surface area contributed by atoms with Crippen molar-refractivity contribution < 1.29 is 28.7 Å². The molecule has 1 fully saturated rings. The third-order valence-electron chi connectivity index (χ3n) is 7.21. The number of allylic oxidation sites excluding steroid dienone is 2. The lowest BCUT2D eigenvalue weighted by atomic mass is 9.82. The number of halogens is 3. The molecule has 1 aliphatic carbocycles. The fourth-order valence-electron chi connectivity index (χ4n) is 5.02. The Balaban J connectivity index is 1.38. The van der Waals surface area contributed by atoms with Gasteiger partial charge in [-0.25, -0.2) is 9.80 Å². The Labute approximate surface area is 256 Å². The number of benzene rings is 3. The molecule has 11 heteroatoms. The molecule has 0 N–H and O–H groups in total. The van der Waals surface area contributed by atoms with Crippen LogP contribution in [0.15, 0.2) is 78.4 Å². The third kappa shape index (κ3) is 5.83. The Morgan fingerprint density at radius 3 is 2.26 bits per heavy atom. The fraction of sp³-hybridized carbons (Fsp3) is 0.194. The average Bonchev–Trinajstić information content (AvgIpc) is 3.20. The Kier molecular flexibility index (Phi) is 8.50. The number of Topliss-reactive ketones (excluding diaryl/α,β-unsaturated/α-hetero) is 1. The summed E-state index contributed by atoms with van der Waals surface area (Å²) >= 11 is 18.2. The van der Waals surface area contributed by atoms with Crippen molar-refractivity contribution in [1.29, 1.82) is 0 Å². The maximum Gasteiger partial charge on any atom is 0.345 e. The van der Waals surface area contributed by atoms with Crippen LogP contribution in [-0.4, -0.2) is 46.0 Å². The molecule has 0 bridgehead atoms. The number of amides is 3. The molecule has 2 aliphatic rings. The van der Waals surface area contributed by atoms with Gasteiger partial charge in [0.15, 0.2) is 5.78 Å². The predicted octanol–water partition coefficient (Wildman–Crippen LogP) is 6.45. The van der Waals surface area contributed by atoms with E-state index in [1.54, 1.807) is 12.1 Å². The van der Waals surface area contributed by atoms with Crippen molar-refractivity contribution in [2.75, 3.05) is 6.54 Å². The summed E-state index contributed by atoms with van der Waals surface area (Å²) in [6.07, 6.45) is 2.69. The standard InChI is InChI=1S/C31H23Cl3N2O6/c1-17-6-12-21-24(14-17)30(40)36(29(21)39)35(28(38)22-4-2-3-5-25(22)33)16-27(37)18-7-10-20(11-8-18)42-31(41)23-13-9-19(32)15-26(23)34/h2-11,13,15,21,24H,12,14,16H2,1H3/t21-,24+/m1/s1. The van der Waals surface area contributed by atoms with Gasteiger partial charge in [-0.05, 0) is 74.4 Å². The highest BCUT2D eigenvalue weighted by Gasteiger charge is 2.51. The lowest BCUT2D eigenvalue weighted by Gasteiger charge is -2.30. The summed E-state index contributed by atoms with van der Waals surface area (Å²) in [4.78, 5) is 66.5. The molecule has 3 amide bonds. The summed E-state index contributed by atoms with van der Waals surface area (Å²) in [7, 11) is 0. The molecule has 0 aromatic heterocycles. The first kappa shape index (κ1) is 29.5. The van der Waals surface area contributed by atoms with Crippen molar-refractivity contribution in [3.63, 3.8) is 0 Å². The van der Waals surface area contributed by atoms with Crippen molar-refractivity contribution in [1.82, 2.24) is 10.0 Å². The molecule has 1 heterocycles. The van der Waals surface area contributed by atoms with Crippen LogP contribution in [0.25, 0.3) is 0 Å². The van der Waals surface area contributed by atoms with E-state index < -0.39 is 47.9 Å². The normalized spacial score (nSPS) is 17.9. The van der Waals surface area contributed by atoms with Gasteiger partial charge in [-0.15, -0.1) is 0 Å². The van der Waals surface area contributed by atoms with Crippen molar-refractivity contribution in [3.8, 4) is 5.75 Å². The minimum Gasteiger partial charge on any atom is -0.423 e. The van der Waals surface area contributed by atoms with E-state index in [1.807, 2.05) is 13.0 Å². The zero-order valence-electron chi connectivity index (χ0n) is 22.2. The molecule has 0 saturated carbocycles. The highest BCUT2D eigenvalue weighted by atomic mass is 35.5. The number of carbonyl (C=O) groups is 5. The number of hydrogen-bond donors (Lipinski definition) is 0. The number of imide groups is 1. The molecule has 3 aromatic carbocycles. The van der Waals surface area contributed by atoms with E-state index in [0.29, 0.717) is 17.9 Å². The van der Waals surface area contributed by atoms with Gasteiger partial charge in [-0.3, -0.25) is 19.2 Å². The lowest BCUT2D eigenvalue weighted by Crippen LogP contribution is -2.52. The largest absolute Gasteiger partial charge is 0.423 e. The zero-order chi connectivity index (χ0) is 30.1. The number of ether oxygens (including phenoxy) is 1. The summed E-state index contributed by atoms with van der Waals surface area (Å²) in [6.45, 7) is 1.28. The van der Waals surface area contributed by atoms with Gasteiger partial charge in [0.1, 0.15) is 12.3 Å². The number of hydrazine groups is 1. The van der Waals surface area contributed by atoms with Crippen molar-refractivity contribution in [2.45, 2.75) is 19.8 Å². The van der Waals surface area contributed by atoms with Gasteiger partial charge in [-0.1, -0.05) is 58.6 Å². The number of fused-ring (bicyclic) bond motifs is 1. The van der Waals surface area contributed by atoms with E-state index in [-0.39, 0.29) is 32.5 Å². The van der Waals surface area contributed by atoms with Gasteiger partial charge >= 0.3 is 5.97 Å². The summed E-state index contributed by atoms with van der Waals surface area (Å²) in [5.41, 5.74) is 1.30. The van der Waals surface area contributed by atoms with E-state index >= 15 is 0 Å². The maximum atomic E-state index is 13.7. The molecule has 0 unspecified atom stereocenters. The van der Waals surface area contributed by atoms with Crippen molar-refractivity contribution >= 4 is 64.3 Å².